The molecule has 0 spiro atoms. The van der Waals surface area contributed by atoms with Crippen LogP contribution >= 0.6 is 11.6 Å². The molecule has 0 amide bonds. The number of rotatable bonds is 2. The molecular formula is C17H17ClN4. The lowest BCUT2D eigenvalue weighted by atomic mass is 10.1. The maximum atomic E-state index is 6.26. The third-order valence-corrected chi connectivity index (χ3v) is 4.03. The van der Waals surface area contributed by atoms with E-state index in [1.54, 1.807) is 6.08 Å². The van der Waals surface area contributed by atoms with Gasteiger partial charge in [0, 0.05) is 16.8 Å². The van der Waals surface area contributed by atoms with Gasteiger partial charge in [-0.1, -0.05) is 48.0 Å². The van der Waals surface area contributed by atoms with Crippen molar-refractivity contribution < 1.29 is 0 Å². The van der Waals surface area contributed by atoms with Gasteiger partial charge in [0.25, 0.3) is 0 Å². The van der Waals surface area contributed by atoms with Crippen molar-refractivity contribution in [1.29, 1.82) is 0 Å². The third kappa shape index (κ3) is 2.65. The van der Waals surface area contributed by atoms with Gasteiger partial charge in [0.15, 0.2) is 6.17 Å². The van der Waals surface area contributed by atoms with Crippen LogP contribution in [0.4, 0.5) is 5.69 Å². The summed E-state index contributed by atoms with van der Waals surface area (Å²) in [6, 6.07) is 15.7. The number of hydrogen-bond donors (Lipinski definition) is 2. The van der Waals surface area contributed by atoms with Gasteiger partial charge in [-0.05, 0) is 30.2 Å². The van der Waals surface area contributed by atoms with Crippen molar-refractivity contribution in [3.05, 3.63) is 76.6 Å². The van der Waals surface area contributed by atoms with Crippen LogP contribution in [0.25, 0.3) is 0 Å². The molecule has 0 saturated carbocycles. The lowest BCUT2D eigenvalue weighted by Crippen LogP contribution is -2.36. The standard InChI is InChI=1S/C17H17ClN4/c1-11-7-8-13(9-14(11)18)22-16(20)10-15(19)21-17(22)12-5-3-2-4-6-12/h2-10,17H,20H2,1H3,(H2,19,21)/t17-/m1/s1. The van der Waals surface area contributed by atoms with Crippen molar-refractivity contribution >= 4 is 23.1 Å². The zero-order valence-electron chi connectivity index (χ0n) is 12.2. The van der Waals surface area contributed by atoms with E-state index in [9.17, 15) is 0 Å². The van der Waals surface area contributed by atoms with Gasteiger partial charge in [0.1, 0.15) is 11.7 Å². The third-order valence-electron chi connectivity index (χ3n) is 3.62. The van der Waals surface area contributed by atoms with Crippen LogP contribution in [0.15, 0.2) is 65.4 Å². The Morgan fingerprint density at radius 3 is 2.50 bits per heavy atom. The maximum absolute atomic E-state index is 6.26. The second kappa shape index (κ2) is 5.73. The first-order valence-electron chi connectivity index (χ1n) is 6.97. The Bertz CT molecular complexity index is 753. The first-order chi connectivity index (χ1) is 10.6. The first-order valence-corrected chi connectivity index (χ1v) is 7.35. The average molecular weight is 313 g/mol. The molecule has 5 heteroatoms. The second-order valence-corrected chi connectivity index (χ2v) is 5.62. The van der Waals surface area contributed by atoms with Gasteiger partial charge in [0.2, 0.25) is 0 Å². The number of nitrogens with two attached hydrogens (primary N) is 2. The van der Waals surface area contributed by atoms with Crippen molar-refractivity contribution in [2.75, 3.05) is 4.90 Å². The summed E-state index contributed by atoms with van der Waals surface area (Å²) in [6.07, 6.45) is 1.36. The lowest BCUT2D eigenvalue weighted by molar-refractivity contribution is 0.693. The molecule has 112 valence electrons. The smallest absolute Gasteiger partial charge is 0.154 e. The number of anilines is 1. The van der Waals surface area contributed by atoms with E-state index in [1.165, 1.54) is 0 Å². The number of aliphatic imine (C=N–C) groups is 1. The molecule has 0 unspecified atom stereocenters. The summed E-state index contributed by atoms with van der Waals surface area (Å²) in [5.41, 5.74) is 15.0. The maximum Gasteiger partial charge on any atom is 0.154 e. The Labute approximate surface area is 134 Å². The van der Waals surface area contributed by atoms with Crippen LogP contribution in [0.1, 0.15) is 17.3 Å². The van der Waals surface area contributed by atoms with Gasteiger partial charge in [-0.2, -0.15) is 0 Å². The largest absolute Gasteiger partial charge is 0.385 e. The van der Waals surface area contributed by atoms with Crippen LogP contribution in [0.5, 0.6) is 0 Å². The van der Waals surface area contributed by atoms with Crippen LogP contribution in [-0.2, 0) is 0 Å². The number of nitrogens with zero attached hydrogens (tertiary/aromatic N) is 2. The van der Waals surface area contributed by atoms with Crippen LogP contribution in [-0.4, -0.2) is 5.84 Å². The zero-order chi connectivity index (χ0) is 15.7. The predicted octanol–water partition coefficient (Wildman–Crippen LogP) is 3.32. The van der Waals surface area contributed by atoms with Crippen molar-refractivity contribution in [2.24, 2.45) is 16.5 Å². The molecule has 0 saturated heterocycles. The first kappa shape index (κ1) is 14.5. The molecule has 3 rings (SSSR count). The fourth-order valence-electron chi connectivity index (χ4n) is 2.47. The fraction of sp³-hybridized carbons (Fsp3) is 0.118. The molecule has 0 bridgehead atoms. The molecule has 0 aliphatic carbocycles. The van der Waals surface area contributed by atoms with E-state index < -0.39 is 0 Å². The van der Waals surface area contributed by atoms with E-state index in [1.807, 2.05) is 60.4 Å². The van der Waals surface area contributed by atoms with Gasteiger partial charge in [-0.25, -0.2) is 4.99 Å². The van der Waals surface area contributed by atoms with Gasteiger partial charge in [-0.15, -0.1) is 0 Å². The minimum absolute atomic E-state index is 0.301. The highest BCUT2D eigenvalue weighted by atomic mass is 35.5. The number of hydrogen-bond acceptors (Lipinski definition) is 4. The van der Waals surface area contributed by atoms with E-state index in [0.29, 0.717) is 16.7 Å². The lowest BCUT2D eigenvalue weighted by Gasteiger charge is -2.34. The quantitative estimate of drug-likeness (QED) is 0.894. The molecule has 22 heavy (non-hydrogen) atoms. The molecule has 2 aromatic rings. The Kier molecular flexibility index (Phi) is 3.77. The minimum Gasteiger partial charge on any atom is -0.385 e. The van der Waals surface area contributed by atoms with Crippen molar-refractivity contribution in [3.63, 3.8) is 0 Å². The molecule has 1 heterocycles. The average Bonchev–Trinajstić information content (AvgIpc) is 2.50. The number of halogens is 1. The van der Waals surface area contributed by atoms with Crippen molar-refractivity contribution in [1.82, 2.24) is 0 Å². The van der Waals surface area contributed by atoms with Crippen molar-refractivity contribution in [2.45, 2.75) is 13.1 Å². The van der Waals surface area contributed by atoms with Gasteiger partial charge in [0.05, 0.1) is 0 Å². The van der Waals surface area contributed by atoms with Crippen LogP contribution in [0.3, 0.4) is 0 Å². The molecule has 1 aliphatic heterocycles. The molecule has 4 nitrogen and oxygen atoms in total. The van der Waals surface area contributed by atoms with Gasteiger partial charge in [-0.3, -0.25) is 0 Å². The molecule has 0 aromatic heterocycles. The molecule has 1 atom stereocenters. The fourth-order valence-corrected chi connectivity index (χ4v) is 2.64. The van der Waals surface area contributed by atoms with E-state index in [2.05, 4.69) is 4.99 Å². The Morgan fingerprint density at radius 1 is 1.09 bits per heavy atom. The van der Waals surface area contributed by atoms with E-state index in [0.717, 1.165) is 16.8 Å². The monoisotopic (exact) mass is 312 g/mol. The van der Waals surface area contributed by atoms with Crippen LogP contribution in [0, 0.1) is 6.92 Å². The topological polar surface area (TPSA) is 67.6 Å². The molecule has 0 fully saturated rings. The molecular weight excluding hydrogens is 296 g/mol. The van der Waals surface area contributed by atoms with Crippen LogP contribution in [0.2, 0.25) is 5.02 Å². The summed E-state index contributed by atoms with van der Waals surface area (Å²) in [6.45, 7) is 1.96. The summed E-state index contributed by atoms with van der Waals surface area (Å²) in [5, 5.41) is 0.694. The van der Waals surface area contributed by atoms with E-state index >= 15 is 0 Å². The summed E-state index contributed by atoms with van der Waals surface area (Å²) in [4.78, 5) is 6.46. The highest BCUT2D eigenvalue weighted by molar-refractivity contribution is 6.31. The van der Waals surface area contributed by atoms with Crippen LogP contribution < -0.4 is 16.4 Å². The summed E-state index contributed by atoms with van der Waals surface area (Å²) >= 11 is 6.26. The number of aryl methyl sites for hydroxylation is 1. The van der Waals surface area contributed by atoms with Gasteiger partial charge >= 0.3 is 0 Å². The number of amidine groups is 1. The van der Waals surface area contributed by atoms with Gasteiger partial charge < -0.3 is 16.4 Å². The summed E-state index contributed by atoms with van der Waals surface area (Å²) in [7, 11) is 0. The Balaban J connectivity index is 2.09. The predicted molar refractivity (Wildman–Crippen MR) is 91.7 cm³/mol. The molecule has 0 radical (unpaired) electrons. The second-order valence-electron chi connectivity index (χ2n) is 5.21. The number of benzene rings is 2. The molecule has 4 N–H and O–H groups in total. The zero-order valence-corrected chi connectivity index (χ0v) is 13.0. The minimum atomic E-state index is -0.301. The molecule has 1 aliphatic rings. The van der Waals surface area contributed by atoms with E-state index in [4.69, 9.17) is 23.1 Å². The van der Waals surface area contributed by atoms with Crippen molar-refractivity contribution in [3.8, 4) is 0 Å². The molecule has 2 aromatic carbocycles. The summed E-state index contributed by atoms with van der Waals surface area (Å²) in [5.74, 6) is 0.960. The SMILES string of the molecule is Cc1ccc(N2C(N)=CC(N)=N[C@H]2c2ccccc2)cc1Cl. The highest BCUT2D eigenvalue weighted by Gasteiger charge is 2.26. The Hall–Kier alpha value is -2.46. The highest BCUT2D eigenvalue weighted by Crippen LogP contribution is 2.34. The van der Waals surface area contributed by atoms with E-state index in [-0.39, 0.29) is 6.17 Å². The normalized spacial score (nSPS) is 17.9. The summed E-state index contributed by atoms with van der Waals surface area (Å²) < 4.78 is 0. The Morgan fingerprint density at radius 2 is 1.82 bits per heavy atom.